The van der Waals surface area contributed by atoms with Gasteiger partial charge in [0.25, 0.3) is 0 Å². The van der Waals surface area contributed by atoms with Crippen molar-refractivity contribution in [3.8, 4) is 0 Å². The molecule has 0 rings (SSSR count). The Bertz CT molecular complexity index is 115. The van der Waals surface area contributed by atoms with Gasteiger partial charge in [-0.3, -0.25) is 0 Å². The number of hydrogen-bond acceptors (Lipinski definition) is 2. The fraction of sp³-hybridized carbons (Fsp3) is 1.00. The first-order chi connectivity index (χ1) is 6.76. The largest absolute Gasteiger partial charge is 0.396 e. The third kappa shape index (κ3) is 6.39. The highest BCUT2D eigenvalue weighted by molar-refractivity contribution is 4.67. The Kier molecular flexibility index (Phi) is 9.42. The van der Waals surface area contributed by atoms with Gasteiger partial charge in [-0.1, -0.05) is 33.1 Å². The van der Waals surface area contributed by atoms with Crippen molar-refractivity contribution in [3.05, 3.63) is 0 Å². The first-order valence-electron chi connectivity index (χ1n) is 6.05. The van der Waals surface area contributed by atoms with Crippen molar-refractivity contribution in [3.63, 3.8) is 0 Å². The molecule has 0 spiro atoms. The van der Waals surface area contributed by atoms with E-state index in [0.717, 1.165) is 32.1 Å². The van der Waals surface area contributed by atoms with Gasteiger partial charge in [0.1, 0.15) is 0 Å². The van der Waals surface area contributed by atoms with Gasteiger partial charge in [-0.2, -0.15) is 0 Å². The average Bonchev–Trinajstić information content (AvgIpc) is 2.19. The van der Waals surface area contributed by atoms with Gasteiger partial charge >= 0.3 is 0 Å². The Morgan fingerprint density at radius 3 is 2.21 bits per heavy atom. The molecule has 0 amide bonds. The summed E-state index contributed by atoms with van der Waals surface area (Å²) in [5.74, 6) is 0.466. The Labute approximate surface area is 88.3 Å². The van der Waals surface area contributed by atoms with Crippen molar-refractivity contribution in [2.24, 2.45) is 5.92 Å². The lowest BCUT2D eigenvalue weighted by Crippen LogP contribution is -2.19. The molecule has 14 heavy (non-hydrogen) atoms. The number of rotatable bonds is 9. The van der Waals surface area contributed by atoms with Gasteiger partial charge in [-0.05, 0) is 31.6 Å². The zero-order valence-corrected chi connectivity index (χ0v) is 9.71. The summed E-state index contributed by atoms with van der Waals surface area (Å²) in [6.45, 7) is 4.58. The number of aliphatic hydroxyl groups is 2. The van der Waals surface area contributed by atoms with Gasteiger partial charge in [0.2, 0.25) is 0 Å². The lowest BCUT2D eigenvalue weighted by atomic mass is 9.90. The molecule has 0 fully saturated rings. The fourth-order valence-electron chi connectivity index (χ4n) is 1.84. The Hall–Kier alpha value is -0.0800. The van der Waals surface area contributed by atoms with Crippen LogP contribution in [-0.4, -0.2) is 22.9 Å². The molecule has 0 aliphatic carbocycles. The highest BCUT2D eigenvalue weighted by Crippen LogP contribution is 2.20. The van der Waals surface area contributed by atoms with Crippen molar-refractivity contribution in [1.29, 1.82) is 0 Å². The van der Waals surface area contributed by atoms with Gasteiger partial charge in [-0.15, -0.1) is 0 Å². The van der Waals surface area contributed by atoms with Crippen LogP contribution in [0, 0.1) is 5.92 Å². The molecule has 0 heterocycles. The summed E-state index contributed by atoms with van der Waals surface area (Å²) >= 11 is 0. The quantitative estimate of drug-likeness (QED) is 0.564. The summed E-state index contributed by atoms with van der Waals surface area (Å²) in [6, 6.07) is 0. The predicted octanol–water partition coefficient (Wildman–Crippen LogP) is 2.73. The molecule has 86 valence electrons. The number of unbranched alkanes of at least 4 members (excludes halogenated alkanes) is 2. The highest BCUT2D eigenvalue weighted by atomic mass is 16.3. The van der Waals surface area contributed by atoms with Crippen LogP contribution >= 0.6 is 0 Å². The molecule has 0 saturated heterocycles. The number of aliphatic hydroxyl groups excluding tert-OH is 2. The second kappa shape index (κ2) is 9.47. The third-order valence-electron chi connectivity index (χ3n) is 2.91. The van der Waals surface area contributed by atoms with Crippen LogP contribution < -0.4 is 0 Å². The van der Waals surface area contributed by atoms with E-state index < -0.39 is 0 Å². The maximum absolute atomic E-state index is 9.88. The van der Waals surface area contributed by atoms with E-state index in [4.69, 9.17) is 5.11 Å². The first kappa shape index (κ1) is 13.9. The molecule has 0 radical (unpaired) electrons. The molecule has 2 N–H and O–H groups in total. The van der Waals surface area contributed by atoms with E-state index in [1.807, 2.05) is 0 Å². The van der Waals surface area contributed by atoms with Crippen LogP contribution in [0.3, 0.4) is 0 Å². The van der Waals surface area contributed by atoms with Crippen LogP contribution in [0.1, 0.15) is 58.8 Å². The zero-order chi connectivity index (χ0) is 10.8. The smallest absolute Gasteiger partial charge is 0.0568 e. The molecule has 0 aromatic carbocycles. The van der Waals surface area contributed by atoms with Crippen LogP contribution in [0.25, 0.3) is 0 Å². The second-order valence-corrected chi connectivity index (χ2v) is 4.10. The first-order valence-corrected chi connectivity index (χ1v) is 6.05. The third-order valence-corrected chi connectivity index (χ3v) is 2.91. The predicted molar refractivity (Wildman–Crippen MR) is 60.2 cm³/mol. The monoisotopic (exact) mass is 202 g/mol. The van der Waals surface area contributed by atoms with Gasteiger partial charge in [0.15, 0.2) is 0 Å². The van der Waals surface area contributed by atoms with E-state index in [1.165, 1.54) is 12.8 Å². The van der Waals surface area contributed by atoms with Crippen LogP contribution in [0.15, 0.2) is 0 Å². The summed E-state index contributed by atoms with van der Waals surface area (Å²) in [4.78, 5) is 0. The van der Waals surface area contributed by atoms with Crippen molar-refractivity contribution in [1.82, 2.24) is 0 Å². The molecular formula is C12H26O2. The topological polar surface area (TPSA) is 40.5 Å². The summed E-state index contributed by atoms with van der Waals surface area (Å²) in [5.41, 5.74) is 0. The van der Waals surface area contributed by atoms with Gasteiger partial charge in [-0.25, -0.2) is 0 Å². The van der Waals surface area contributed by atoms with Crippen molar-refractivity contribution >= 4 is 0 Å². The Balaban J connectivity index is 3.61. The number of hydrogen-bond donors (Lipinski definition) is 2. The minimum Gasteiger partial charge on any atom is -0.396 e. The summed E-state index contributed by atoms with van der Waals surface area (Å²) in [7, 11) is 0. The molecule has 0 aliphatic rings. The van der Waals surface area contributed by atoms with Gasteiger partial charge < -0.3 is 10.2 Å². The highest BCUT2D eigenvalue weighted by Gasteiger charge is 2.15. The molecule has 0 bridgehead atoms. The second-order valence-electron chi connectivity index (χ2n) is 4.10. The average molecular weight is 202 g/mol. The minimum atomic E-state index is -0.155. The molecule has 2 unspecified atom stereocenters. The molecule has 2 nitrogen and oxygen atoms in total. The van der Waals surface area contributed by atoms with Crippen molar-refractivity contribution in [2.45, 2.75) is 64.9 Å². The summed E-state index contributed by atoms with van der Waals surface area (Å²) in [5, 5.41) is 18.5. The van der Waals surface area contributed by atoms with Crippen LogP contribution in [0.5, 0.6) is 0 Å². The van der Waals surface area contributed by atoms with Gasteiger partial charge in [0, 0.05) is 6.61 Å². The van der Waals surface area contributed by atoms with Crippen LogP contribution in [-0.2, 0) is 0 Å². The fourth-order valence-corrected chi connectivity index (χ4v) is 1.84. The van der Waals surface area contributed by atoms with Gasteiger partial charge in [0.05, 0.1) is 6.10 Å². The van der Waals surface area contributed by atoms with E-state index in [9.17, 15) is 5.11 Å². The molecule has 0 saturated carbocycles. The minimum absolute atomic E-state index is 0.155. The van der Waals surface area contributed by atoms with E-state index in [1.54, 1.807) is 0 Å². The molecular weight excluding hydrogens is 176 g/mol. The lowest BCUT2D eigenvalue weighted by Gasteiger charge is -2.21. The van der Waals surface area contributed by atoms with E-state index in [2.05, 4.69) is 13.8 Å². The van der Waals surface area contributed by atoms with Crippen LogP contribution in [0.4, 0.5) is 0 Å². The molecule has 0 aromatic heterocycles. The lowest BCUT2D eigenvalue weighted by molar-refractivity contribution is 0.0861. The molecule has 0 aromatic rings. The SMILES string of the molecule is CCCCC(CC)C(O)CCCCO. The van der Waals surface area contributed by atoms with Crippen molar-refractivity contribution < 1.29 is 10.2 Å². The van der Waals surface area contributed by atoms with E-state index >= 15 is 0 Å². The Morgan fingerprint density at radius 2 is 1.71 bits per heavy atom. The molecule has 2 heteroatoms. The normalized spacial score (nSPS) is 15.4. The summed E-state index contributed by atoms with van der Waals surface area (Å²) < 4.78 is 0. The standard InChI is InChI=1S/C12H26O2/c1-3-5-8-11(4-2)12(14)9-6-7-10-13/h11-14H,3-10H2,1-2H3. The van der Waals surface area contributed by atoms with Crippen molar-refractivity contribution in [2.75, 3.05) is 6.61 Å². The summed E-state index contributed by atoms with van der Waals surface area (Å²) in [6.07, 6.45) is 7.10. The maximum Gasteiger partial charge on any atom is 0.0568 e. The Morgan fingerprint density at radius 1 is 1.00 bits per heavy atom. The molecule has 2 atom stereocenters. The van der Waals surface area contributed by atoms with Crippen LogP contribution in [0.2, 0.25) is 0 Å². The molecule has 0 aliphatic heterocycles. The van der Waals surface area contributed by atoms with E-state index in [0.29, 0.717) is 5.92 Å². The van der Waals surface area contributed by atoms with E-state index in [-0.39, 0.29) is 12.7 Å². The zero-order valence-electron chi connectivity index (χ0n) is 9.71. The maximum atomic E-state index is 9.88.